The molecule has 1 atom stereocenters. The van der Waals surface area contributed by atoms with Crippen molar-refractivity contribution in [2.45, 2.75) is 51.1 Å². The Balaban J connectivity index is 2.15. The number of aromatic nitrogens is 2. The maximum absolute atomic E-state index is 12.5. The summed E-state index contributed by atoms with van der Waals surface area (Å²) in [6, 6.07) is 0. The lowest BCUT2D eigenvalue weighted by molar-refractivity contribution is 0.0823. The maximum Gasteiger partial charge on any atom is 0.270 e. The molecular weight excluding hydrogens is 261 g/mol. The number of amides is 1. The molecule has 0 aromatic carbocycles. The third-order valence-electron chi connectivity index (χ3n) is 3.86. The van der Waals surface area contributed by atoms with E-state index in [4.69, 9.17) is 0 Å². The number of hydrogen-bond acceptors (Lipinski definition) is 3. The molecular formula is C14H22FN3O2. The number of fused-ring (bicyclic) bond motifs is 1. The monoisotopic (exact) mass is 283 g/mol. The fraction of sp³-hybridized carbons (Fsp3) is 0.714. The topological polar surface area (TPSA) is 67.2 Å². The average molecular weight is 283 g/mol. The summed E-state index contributed by atoms with van der Waals surface area (Å²) in [5.74, 6) is 0.638. The first-order valence-corrected chi connectivity index (χ1v) is 7.13. The molecule has 20 heavy (non-hydrogen) atoms. The van der Waals surface area contributed by atoms with Crippen LogP contribution in [-0.4, -0.2) is 39.4 Å². The highest BCUT2D eigenvalue weighted by Gasteiger charge is 2.28. The number of carbonyl (C=O) groups excluding carboxylic acids is 1. The molecule has 1 amide bonds. The van der Waals surface area contributed by atoms with E-state index in [1.54, 1.807) is 13.1 Å². The fourth-order valence-corrected chi connectivity index (χ4v) is 2.50. The minimum absolute atomic E-state index is 0.0935. The van der Waals surface area contributed by atoms with Crippen LogP contribution in [0, 0.1) is 0 Å². The van der Waals surface area contributed by atoms with Crippen LogP contribution in [0.4, 0.5) is 4.39 Å². The van der Waals surface area contributed by atoms with Crippen molar-refractivity contribution >= 4 is 5.91 Å². The molecule has 6 heteroatoms. The highest BCUT2D eigenvalue weighted by Crippen LogP contribution is 2.17. The van der Waals surface area contributed by atoms with Gasteiger partial charge in [-0.15, -0.1) is 0 Å². The van der Waals surface area contributed by atoms with Gasteiger partial charge in [-0.05, 0) is 19.8 Å². The zero-order chi connectivity index (χ0) is 14.6. The van der Waals surface area contributed by atoms with Gasteiger partial charge >= 0.3 is 0 Å². The van der Waals surface area contributed by atoms with E-state index in [1.165, 1.54) is 0 Å². The van der Waals surface area contributed by atoms with Gasteiger partial charge in [0.05, 0.1) is 25.0 Å². The van der Waals surface area contributed by atoms with E-state index in [0.717, 1.165) is 38.1 Å². The molecule has 2 heterocycles. The Morgan fingerprint density at radius 3 is 3.05 bits per heavy atom. The molecule has 2 N–H and O–H groups in total. The summed E-state index contributed by atoms with van der Waals surface area (Å²) < 4.78 is 14.5. The predicted octanol–water partition coefficient (Wildman–Crippen LogP) is 1.45. The largest absolute Gasteiger partial charge is 0.394 e. The predicted molar refractivity (Wildman–Crippen MR) is 73.3 cm³/mol. The number of nitrogens with zero attached hydrogens (tertiary/aromatic N) is 2. The van der Waals surface area contributed by atoms with Gasteiger partial charge in [0.25, 0.3) is 5.91 Å². The molecule has 0 saturated carbocycles. The SMILES string of the molecule is CC(CO)(CCF)NC(=O)c1cnc2n1CCCCC2. The van der Waals surface area contributed by atoms with Crippen LogP contribution >= 0.6 is 0 Å². The molecule has 1 aromatic rings. The number of halogens is 1. The normalized spacial score (nSPS) is 17.9. The first-order chi connectivity index (χ1) is 9.59. The van der Waals surface area contributed by atoms with Gasteiger partial charge < -0.3 is 15.0 Å². The van der Waals surface area contributed by atoms with Crippen LogP contribution in [-0.2, 0) is 13.0 Å². The Morgan fingerprint density at radius 1 is 1.55 bits per heavy atom. The number of hydrogen-bond donors (Lipinski definition) is 2. The van der Waals surface area contributed by atoms with Crippen molar-refractivity contribution in [3.8, 4) is 0 Å². The lowest BCUT2D eigenvalue weighted by Crippen LogP contribution is -2.49. The highest BCUT2D eigenvalue weighted by atomic mass is 19.1. The van der Waals surface area contributed by atoms with Crippen molar-refractivity contribution in [3.63, 3.8) is 0 Å². The molecule has 1 aromatic heterocycles. The van der Waals surface area contributed by atoms with Crippen molar-refractivity contribution in [2.75, 3.05) is 13.3 Å². The van der Waals surface area contributed by atoms with E-state index >= 15 is 0 Å². The second kappa shape index (κ2) is 6.35. The van der Waals surface area contributed by atoms with Gasteiger partial charge in [0.1, 0.15) is 11.5 Å². The first kappa shape index (κ1) is 15.0. The zero-order valence-corrected chi connectivity index (χ0v) is 11.9. The summed E-state index contributed by atoms with van der Waals surface area (Å²) in [6.45, 7) is 1.56. The molecule has 1 aliphatic rings. The van der Waals surface area contributed by atoms with Crippen molar-refractivity contribution in [2.24, 2.45) is 0 Å². The second-order valence-electron chi connectivity index (χ2n) is 5.63. The number of alkyl halides is 1. The molecule has 0 aliphatic carbocycles. The van der Waals surface area contributed by atoms with Gasteiger partial charge in [-0.25, -0.2) is 4.98 Å². The van der Waals surface area contributed by atoms with Gasteiger partial charge in [-0.1, -0.05) is 6.42 Å². The van der Waals surface area contributed by atoms with Gasteiger partial charge in [0.15, 0.2) is 0 Å². The quantitative estimate of drug-likeness (QED) is 0.859. The Hall–Kier alpha value is -1.43. The number of aliphatic hydroxyl groups excluding tert-OH is 1. The summed E-state index contributed by atoms with van der Waals surface area (Å²) in [5, 5.41) is 12.1. The summed E-state index contributed by atoms with van der Waals surface area (Å²) in [4.78, 5) is 16.6. The van der Waals surface area contributed by atoms with Gasteiger partial charge in [-0.2, -0.15) is 0 Å². The molecule has 2 rings (SSSR count). The van der Waals surface area contributed by atoms with Crippen LogP contribution in [0.5, 0.6) is 0 Å². The Bertz CT molecular complexity index is 475. The minimum Gasteiger partial charge on any atom is -0.394 e. The van der Waals surface area contributed by atoms with Gasteiger partial charge in [0, 0.05) is 19.4 Å². The number of carbonyl (C=O) groups is 1. The number of nitrogens with one attached hydrogen (secondary N) is 1. The molecule has 1 unspecified atom stereocenters. The van der Waals surface area contributed by atoms with Crippen LogP contribution in [0.3, 0.4) is 0 Å². The van der Waals surface area contributed by atoms with Crippen LogP contribution in [0.25, 0.3) is 0 Å². The molecule has 0 bridgehead atoms. The van der Waals surface area contributed by atoms with Gasteiger partial charge in [0.2, 0.25) is 0 Å². The lowest BCUT2D eigenvalue weighted by atomic mass is 9.99. The van der Waals surface area contributed by atoms with Crippen LogP contribution < -0.4 is 5.32 Å². The van der Waals surface area contributed by atoms with Crippen molar-refractivity contribution in [3.05, 3.63) is 17.7 Å². The molecule has 0 fully saturated rings. The third-order valence-corrected chi connectivity index (χ3v) is 3.86. The van der Waals surface area contributed by atoms with Crippen molar-refractivity contribution in [1.82, 2.24) is 14.9 Å². The number of imidazole rings is 1. The summed E-state index contributed by atoms with van der Waals surface area (Å²) in [6.07, 6.45) is 5.81. The molecule has 1 aliphatic heterocycles. The standard InChI is InChI=1S/C14H22FN3O2/c1-14(10-19,6-7-15)17-13(20)11-9-16-12-5-3-2-4-8-18(11)12/h9,19H,2-8,10H2,1H3,(H,17,20). The average Bonchev–Trinajstić information content (AvgIpc) is 2.68. The molecule has 0 saturated heterocycles. The third kappa shape index (κ3) is 3.17. The van der Waals surface area contributed by atoms with E-state index in [1.807, 2.05) is 4.57 Å². The number of rotatable bonds is 5. The lowest BCUT2D eigenvalue weighted by Gasteiger charge is -2.27. The fourth-order valence-electron chi connectivity index (χ4n) is 2.50. The van der Waals surface area contributed by atoms with Crippen LogP contribution in [0.15, 0.2) is 6.20 Å². The van der Waals surface area contributed by atoms with Crippen LogP contribution in [0.1, 0.15) is 48.9 Å². The van der Waals surface area contributed by atoms with E-state index in [0.29, 0.717) is 5.69 Å². The minimum atomic E-state index is -0.929. The van der Waals surface area contributed by atoms with E-state index in [-0.39, 0.29) is 18.9 Å². The molecule has 112 valence electrons. The smallest absolute Gasteiger partial charge is 0.270 e. The molecule has 5 nitrogen and oxygen atoms in total. The zero-order valence-electron chi connectivity index (χ0n) is 11.9. The first-order valence-electron chi connectivity index (χ1n) is 7.13. The maximum atomic E-state index is 12.5. The van der Waals surface area contributed by atoms with E-state index in [9.17, 15) is 14.3 Å². The summed E-state index contributed by atoms with van der Waals surface area (Å²) in [5.41, 5.74) is -0.429. The Morgan fingerprint density at radius 2 is 2.35 bits per heavy atom. The number of aryl methyl sites for hydroxylation is 1. The van der Waals surface area contributed by atoms with Gasteiger partial charge in [-0.3, -0.25) is 9.18 Å². The second-order valence-corrected chi connectivity index (χ2v) is 5.63. The van der Waals surface area contributed by atoms with Crippen LogP contribution in [0.2, 0.25) is 0 Å². The van der Waals surface area contributed by atoms with Crippen molar-refractivity contribution in [1.29, 1.82) is 0 Å². The van der Waals surface area contributed by atoms with E-state index < -0.39 is 12.2 Å². The Kier molecular flexibility index (Phi) is 4.75. The van der Waals surface area contributed by atoms with E-state index in [2.05, 4.69) is 10.3 Å². The Labute approximate surface area is 118 Å². The summed E-state index contributed by atoms with van der Waals surface area (Å²) in [7, 11) is 0. The molecule has 0 radical (unpaired) electrons. The van der Waals surface area contributed by atoms with Crippen molar-refractivity contribution < 1.29 is 14.3 Å². The molecule has 0 spiro atoms. The summed E-state index contributed by atoms with van der Waals surface area (Å²) >= 11 is 0. The highest BCUT2D eigenvalue weighted by molar-refractivity contribution is 5.93. The number of aliphatic hydroxyl groups is 1.